The second-order valence-corrected chi connectivity index (χ2v) is 11.2. The molecule has 9 nitrogen and oxygen atoms in total. The van der Waals surface area contributed by atoms with Crippen LogP contribution in [0.3, 0.4) is 0 Å². The molecule has 40 heavy (non-hydrogen) atoms. The molecule has 0 spiro atoms. The average molecular weight is 595 g/mol. The van der Waals surface area contributed by atoms with E-state index in [1.54, 1.807) is 53.3 Å². The van der Waals surface area contributed by atoms with Gasteiger partial charge in [0.05, 0.1) is 15.7 Å². The molecule has 3 N–H and O–H groups in total. The molecule has 2 amide bonds. The highest BCUT2D eigenvalue weighted by Gasteiger charge is 2.44. The predicted molar refractivity (Wildman–Crippen MR) is 157 cm³/mol. The molecule has 6 rings (SSSR count). The van der Waals surface area contributed by atoms with Crippen LogP contribution in [-0.4, -0.2) is 30.8 Å². The van der Waals surface area contributed by atoms with E-state index in [1.165, 1.54) is 0 Å². The Morgan fingerprint density at radius 3 is 2.42 bits per heavy atom. The van der Waals surface area contributed by atoms with E-state index in [0.717, 1.165) is 18.4 Å². The summed E-state index contributed by atoms with van der Waals surface area (Å²) in [6.45, 7) is 2.07. The van der Waals surface area contributed by atoms with Crippen molar-refractivity contribution in [3.63, 3.8) is 0 Å². The topological polar surface area (TPSA) is 118 Å². The highest BCUT2D eigenvalue weighted by atomic mass is 35.5. The summed E-state index contributed by atoms with van der Waals surface area (Å²) in [5.41, 5.74) is 2.44. The van der Waals surface area contributed by atoms with E-state index in [1.807, 2.05) is 12.1 Å². The first-order valence-corrected chi connectivity index (χ1v) is 13.6. The Bertz CT molecular complexity index is 1790. The number of rotatable bonds is 6. The molecule has 12 heteroatoms. The summed E-state index contributed by atoms with van der Waals surface area (Å²) >= 11 is 19.2. The molecule has 0 atom stereocenters. The van der Waals surface area contributed by atoms with Crippen LogP contribution in [-0.2, 0) is 11.8 Å². The molecular weight excluding hydrogens is 573 g/mol. The van der Waals surface area contributed by atoms with Crippen LogP contribution in [0.2, 0.25) is 15.1 Å². The summed E-state index contributed by atoms with van der Waals surface area (Å²) in [7, 11) is 0. The van der Waals surface area contributed by atoms with Crippen molar-refractivity contribution in [1.29, 1.82) is 0 Å². The van der Waals surface area contributed by atoms with Crippen molar-refractivity contribution in [2.45, 2.75) is 31.6 Å². The molecule has 1 saturated carbocycles. The van der Waals surface area contributed by atoms with Crippen molar-refractivity contribution >= 4 is 63.4 Å². The number of H-pyrrole nitrogens is 1. The number of anilines is 2. The van der Waals surface area contributed by atoms with E-state index in [-0.39, 0.29) is 11.0 Å². The molecule has 1 aliphatic carbocycles. The molecule has 0 saturated heterocycles. The number of benzene rings is 2. The number of aromatic nitrogens is 5. The molecule has 3 aromatic heterocycles. The SMILES string of the molecule is CC1(c2nn(-c3c(Cl)cc(Cl)cc3Cl)c3nc(Cc4ccc(NC(=O)Nc5ccccn5)cc4)[nH]c(=O)c23)CC1. The molecule has 0 bridgehead atoms. The summed E-state index contributed by atoms with van der Waals surface area (Å²) in [5.74, 6) is 0.891. The Labute approximate surface area is 243 Å². The fraction of sp³-hybridized carbons (Fsp3) is 0.179. The second kappa shape index (κ2) is 10.2. The lowest BCUT2D eigenvalue weighted by molar-refractivity contribution is 0.262. The molecule has 0 radical (unpaired) electrons. The van der Waals surface area contributed by atoms with Crippen molar-refractivity contribution in [3.8, 4) is 5.69 Å². The summed E-state index contributed by atoms with van der Waals surface area (Å²) < 4.78 is 1.54. The number of halogens is 3. The van der Waals surface area contributed by atoms with Gasteiger partial charge in [0.25, 0.3) is 5.56 Å². The lowest BCUT2D eigenvalue weighted by atomic mass is 10.0. The van der Waals surface area contributed by atoms with Crippen LogP contribution < -0.4 is 16.2 Å². The normalized spacial score (nSPS) is 13.8. The number of carbonyl (C=O) groups excluding carboxylic acids is 1. The van der Waals surface area contributed by atoms with Crippen LogP contribution in [0, 0.1) is 0 Å². The van der Waals surface area contributed by atoms with E-state index in [0.29, 0.717) is 61.2 Å². The standard InChI is InChI=1S/C28H22Cl3N7O2/c1-28(9-10-28)24-22-25(38(37-24)23-18(30)13-16(29)14-19(23)31)34-21(35-26(22)39)12-15-5-7-17(8-6-15)33-27(40)36-20-4-2-3-11-32-20/h2-8,11,13-14H,9-10,12H2,1H3,(H,34,35,39)(H2,32,33,36,40). The minimum atomic E-state index is -0.407. The monoisotopic (exact) mass is 593 g/mol. The quantitative estimate of drug-likeness (QED) is 0.201. The van der Waals surface area contributed by atoms with Gasteiger partial charge in [0.2, 0.25) is 0 Å². The maximum atomic E-state index is 13.4. The number of carbonyl (C=O) groups is 1. The predicted octanol–water partition coefficient (Wildman–Crippen LogP) is 6.75. The zero-order valence-corrected chi connectivity index (χ0v) is 23.4. The molecule has 0 aliphatic heterocycles. The number of hydrogen-bond acceptors (Lipinski definition) is 5. The van der Waals surface area contributed by atoms with Crippen molar-refractivity contribution in [2.24, 2.45) is 0 Å². The first kappa shape index (κ1) is 26.3. The first-order chi connectivity index (χ1) is 19.2. The van der Waals surface area contributed by atoms with Crippen molar-refractivity contribution < 1.29 is 4.79 Å². The van der Waals surface area contributed by atoms with E-state index in [4.69, 9.17) is 44.9 Å². The van der Waals surface area contributed by atoms with Gasteiger partial charge in [-0.1, -0.05) is 59.9 Å². The Morgan fingerprint density at radius 2 is 1.77 bits per heavy atom. The highest BCUT2D eigenvalue weighted by molar-refractivity contribution is 6.40. The van der Waals surface area contributed by atoms with Crippen LogP contribution in [0.15, 0.2) is 65.6 Å². The third-order valence-electron chi connectivity index (χ3n) is 6.84. The van der Waals surface area contributed by atoms with Crippen LogP contribution in [0.5, 0.6) is 0 Å². The van der Waals surface area contributed by atoms with Crippen molar-refractivity contribution in [3.05, 3.63) is 103 Å². The Kier molecular flexibility index (Phi) is 6.74. The summed E-state index contributed by atoms with van der Waals surface area (Å²) in [5, 5.41) is 11.6. The summed E-state index contributed by atoms with van der Waals surface area (Å²) in [4.78, 5) is 37.4. The van der Waals surface area contributed by atoms with Crippen LogP contribution in [0.25, 0.3) is 16.7 Å². The number of aromatic amines is 1. The lowest BCUT2D eigenvalue weighted by Gasteiger charge is -2.10. The molecule has 202 valence electrons. The van der Waals surface area contributed by atoms with Gasteiger partial charge >= 0.3 is 6.03 Å². The smallest absolute Gasteiger partial charge is 0.310 e. The van der Waals surface area contributed by atoms with Gasteiger partial charge in [-0.05, 0) is 54.8 Å². The Balaban J connectivity index is 1.31. The minimum Gasteiger partial charge on any atom is -0.310 e. The van der Waals surface area contributed by atoms with Gasteiger partial charge in [0, 0.05) is 28.7 Å². The Hall–Kier alpha value is -3.92. The number of pyridine rings is 1. The molecule has 5 aromatic rings. The van der Waals surface area contributed by atoms with Gasteiger partial charge in [-0.3, -0.25) is 10.1 Å². The number of fused-ring (bicyclic) bond motifs is 1. The summed E-state index contributed by atoms with van der Waals surface area (Å²) in [6, 6.07) is 15.2. The molecule has 3 heterocycles. The van der Waals surface area contributed by atoms with Crippen molar-refractivity contribution in [1.82, 2.24) is 24.7 Å². The van der Waals surface area contributed by atoms with Gasteiger partial charge in [0.1, 0.15) is 22.7 Å². The van der Waals surface area contributed by atoms with E-state index >= 15 is 0 Å². The van der Waals surface area contributed by atoms with E-state index in [9.17, 15) is 9.59 Å². The highest BCUT2D eigenvalue weighted by Crippen LogP contribution is 2.49. The average Bonchev–Trinajstić information content (AvgIpc) is 3.54. The van der Waals surface area contributed by atoms with Crippen LogP contribution >= 0.6 is 34.8 Å². The minimum absolute atomic E-state index is 0.212. The lowest BCUT2D eigenvalue weighted by Crippen LogP contribution is -2.20. The number of urea groups is 1. The number of nitrogens with one attached hydrogen (secondary N) is 3. The third-order valence-corrected chi connectivity index (χ3v) is 7.64. The fourth-order valence-corrected chi connectivity index (χ4v) is 5.49. The first-order valence-electron chi connectivity index (χ1n) is 12.5. The van der Waals surface area contributed by atoms with E-state index in [2.05, 4.69) is 27.5 Å². The molecule has 0 unspecified atom stereocenters. The third kappa shape index (κ3) is 5.15. The molecular formula is C28H22Cl3N7O2. The van der Waals surface area contributed by atoms with E-state index < -0.39 is 6.03 Å². The van der Waals surface area contributed by atoms with Gasteiger partial charge < -0.3 is 10.3 Å². The van der Waals surface area contributed by atoms with Crippen LogP contribution in [0.1, 0.15) is 36.8 Å². The zero-order chi connectivity index (χ0) is 28.0. The number of amides is 2. The number of hydrogen-bond donors (Lipinski definition) is 3. The molecule has 1 fully saturated rings. The maximum absolute atomic E-state index is 13.4. The zero-order valence-electron chi connectivity index (χ0n) is 21.1. The van der Waals surface area contributed by atoms with Crippen molar-refractivity contribution in [2.75, 3.05) is 10.6 Å². The molecule has 1 aliphatic rings. The number of nitrogens with zero attached hydrogens (tertiary/aromatic N) is 4. The largest absolute Gasteiger partial charge is 0.324 e. The molecule has 2 aromatic carbocycles. The van der Waals surface area contributed by atoms with Gasteiger partial charge in [-0.25, -0.2) is 19.4 Å². The van der Waals surface area contributed by atoms with Gasteiger partial charge in [0.15, 0.2) is 5.65 Å². The van der Waals surface area contributed by atoms with Gasteiger partial charge in [-0.15, -0.1) is 0 Å². The fourth-order valence-electron chi connectivity index (χ4n) is 4.51. The maximum Gasteiger partial charge on any atom is 0.324 e. The van der Waals surface area contributed by atoms with Gasteiger partial charge in [-0.2, -0.15) is 5.10 Å². The second-order valence-electron chi connectivity index (χ2n) is 9.92. The summed E-state index contributed by atoms with van der Waals surface area (Å²) in [6.07, 6.45) is 3.77. The van der Waals surface area contributed by atoms with Crippen LogP contribution in [0.4, 0.5) is 16.3 Å². The Morgan fingerprint density at radius 1 is 1.05 bits per heavy atom.